The fraction of sp³-hybridized carbons (Fsp3) is 0.323. The Hall–Kier alpha value is -4.35. The molecule has 4 rings (SSSR count). The first-order valence-corrected chi connectivity index (χ1v) is 14.1. The van der Waals surface area contributed by atoms with E-state index < -0.39 is 12.0 Å². The minimum atomic E-state index is -0.892. The van der Waals surface area contributed by atoms with Crippen molar-refractivity contribution in [2.24, 2.45) is 4.99 Å². The molecular formula is C31H34N2O8S. The summed E-state index contributed by atoms with van der Waals surface area (Å²) in [4.78, 5) is 32.8. The molecule has 2 aromatic carbocycles. The summed E-state index contributed by atoms with van der Waals surface area (Å²) in [5.41, 5.74) is 1.51. The highest BCUT2D eigenvalue weighted by molar-refractivity contribution is 7.07. The molecule has 10 nitrogen and oxygen atoms in total. The SMILES string of the molecule is C=CCOc1c(/C=c2/sc3n(c2=O)[C@H](c2cccc(OC)c2OCC)C(C(=O)OCCOC)=C(C)N=3)cccc1OC. The van der Waals surface area contributed by atoms with Crippen molar-refractivity contribution in [3.63, 3.8) is 0 Å². The molecule has 1 aliphatic heterocycles. The van der Waals surface area contributed by atoms with Crippen molar-refractivity contribution >= 4 is 23.4 Å². The van der Waals surface area contributed by atoms with Crippen LogP contribution in [0.25, 0.3) is 6.08 Å². The number of thiazole rings is 1. The molecular weight excluding hydrogens is 560 g/mol. The molecule has 1 aliphatic rings. The minimum absolute atomic E-state index is 0.0447. The van der Waals surface area contributed by atoms with E-state index in [1.54, 1.807) is 50.5 Å². The first-order valence-electron chi connectivity index (χ1n) is 13.3. The molecule has 1 atom stereocenters. The van der Waals surface area contributed by atoms with Gasteiger partial charge in [0, 0.05) is 18.2 Å². The summed E-state index contributed by atoms with van der Waals surface area (Å²) in [7, 11) is 4.61. The predicted molar refractivity (Wildman–Crippen MR) is 159 cm³/mol. The number of ether oxygens (including phenoxy) is 6. The Morgan fingerprint density at radius 3 is 2.43 bits per heavy atom. The van der Waals surface area contributed by atoms with E-state index in [4.69, 9.17) is 28.4 Å². The molecule has 0 saturated carbocycles. The summed E-state index contributed by atoms with van der Waals surface area (Å²) in [5.74, 6) is 1.29. The molecule has 0 fully saturated rings. The number of aromatic nitrogens is 1. The molecule has 0 spiro atoms. The topological polar surface area (TPSA) is 107 Å². The van der Waals surface area contributed by atoms with Crippen LogP contribution in [0.2, 0.25) is 0 Å². The Morgan fingerprint density at radius 2 is 1.76 bits per heavy atom. The second-order valence-corrected chi connectivity index (χ2v) is 10.0. The van der Waals surface area contributed by atoms with Crippen molar-refractivity contribution in [2.75, 3.05) is 47.8 Å². The zero-order valence-electron chi connectivity index (χ0n) is 24.3. The molecule has 0 aliphatic carbocycles. The van der Waals surface area contributed by atoms with E-state index in [1.807, 2.05) is 19.1 Å². The molecule has 0 radical (unpaired) electrons. The van der Waals surface area contributed by atoms with Gasteiger partial charge in [-0.25, -0.2) is 9.79 Å². The summed E-state index contributed by atoms with van der Waals surface area (Å²) in [6.45, 7) is 8.16. The average molecular weight is 595 g/mol. The monoisotopic (exact) mass is 594 g/mol. The normalized spacial score (nSPS) is 14.6. The van der Waals surface area contributed by atoms with Gasteiger partial charge in [0.1, 0.15) is 19.3 Å². The maximum absolute atomic E-state index is 14.2. The molecule has 3 aromatic rings. The Kier molecular flexibility index (Phi) is 10.2. The van der Waals surface area contributed by atoms with Crippen LogP contribution in [0.5, 0.6) is 23.0 Å². The third-order valence-electron chi connectivity index (χ3n) is 6.44. The number of rotatable bonds is 13. The minimum Gasteiger partial charge on any atom is -0.493 e. The highest BCUT2D eigenvalue weighted by Crippen LogP contribution is 2.41. The smallest absolute Gasteiger partial charge is 0.338 e. The average Bonchev–Trinajstić information content (AvgIpc) is 3.29. The van der Waals surface area contributed by atoms with Gasteiger partial charge < -0.3 is 28.4 Å². The lowest BCUT2D eigenvalue weighted by atomic mass is 9.94. The van der Waals surface area contributed by atoms with Crippen LogP contribution in [0.15, 0.2) is 70.1 Å². The maximum Gasteiger partial charge on any atom is 0.338 e. The largest absolute Gasteiger partial charge is 0.493 e. The van der Waals surface area contributed by atoms with Crippen molar-refractivity contribution < 1.29 is 33.2 Å². The summed E-state index contributed by atoms with van der Waals surface area (Å²) in [6.07, 6.45) is 3.36. The number of carbonyl (C=O) groups is 1. The molecule has 0 saturated heterocycles. The van der Waals surface area contributed by atoms with Crippen LogP contribution in [0.1, 0.15) is 31.0 Å². The molecule has 2 heterocycles. The van der Waals surface area contributed by atoms with Crippen LogP contribution in [0.3, 0.4) is 0 Å². The van der Waals surface area contributed by atoms with E-state index in [0.717, 1.165) is 0 Å². The molecule has 222 valence electrons. The van der Waals surface area contributed by atoms with Crippen molar-refractivity contribution in [3.8, 4) is 23.0 Å². The molecule has 42 heavy (non-hydrogen) atoms. The first kappa shape index (κ1) is 30.6. The van der Waals surface area contributed by atoms with Gasteiger partial charge >= 0.3 is 5.97 Å². The summed E-state index contributed by atoms with van der Waals surface area (Å²) in [6, 6.07) is 9.88. The van der Waals surface area contributed by atoms with Gasteiger partial charge in [-0.3, -0.25) is 9.36 Å². The van der Waals surface area contributed by atoms with Crippen LogP contribution < -0.4 is 33.8 Å². The van der Waals surface area contributed by atoms with Gasteiger partial charge in [-0.05, 0) is 32.1 Å². The summed E-state index contributed by atoms with van der Waals surface area (Å²) >= 11 is 1.20. The van der Waals surface area contributed by atoms with Gasteiger partial charge in [0.25, 0.3) is 5.56 Å². The Bertz CT molecular complexity index is 1670. The van der Waals surface area contributed by atoms with Gasteiger partial charge in [-0.1, -0.05) is 48.3 Å². The van der Waals surface area contributed by atoms with Crippen molar-refractivity contribution in [1.29, 1.82) is 0 Å². The number of esters is 1. The second-order valence-electron chi connectivity index (χ2n) is 9.00. The number of para-hydroxylation sites is 2. The van der Waals surface area contributed by atoms with Gasteiger partial charge in [0.05, 0.1) is 43.2 Å². The van der Waals surface area contributed by atoms with Crippen molar-refractivity contribution in [3.05, 3.63) is 91.1 Å². The van der Waals surface area contributed by atoms with E-state index in [-0.39, 0.29) is 31.0 Å². The molecule has 0 amide bonds. The van der Waals surface area contributed by atoms with Crippen LogP contribution in [-0.4, -0.2) is 58.3 Å². The van der Waals surface area contributed by atoms with Gasteiger partial charge in [-0.2, -0.15) is 0 Å². The molecule has 11 heteroatoms. The van der Waals surface area contributed by atoms with Crippen LogP contribution in [-0.2, 0) is 14.3 Å². The lowest BCUT2D eigenvalue weighted by Crippen LogP contribution is -2.40. The number of methoxy groups -OCH3 is 3. The Labute approximate surface area is 247 Å². The van der Waals surface area contributed by atoms with Crippen molar-refractivity contribution in [2.45, 2.75) is 19.9 Å². The maximum atomic E-state index is 14.2. The Morgan fingerprint density at radius 1 is 1.05 bits per heavy atom. The highest BCUT2D eigenvalue weighted by Gasteiger charge is 2.36. The second kappa shape index (κ2) is 14.0. The molecule has 0 unspecified atom stereocenters. The molecule has 0 N–H and O–H groups in total. The third-order valence-corrected chi connectivity index (χ3v) is 7.42. The van der Waals surface area contributed by atoms with E-state index in [0.29, 0.717) is 55.8 Å². The number of benzene rings is 2. The predicted octanol–water partition coefficient (Wildman–Crippen LogP) is 3.41. The number of allylic oxidation sites excluding steroid dienone is 1. The fourth-order valence-corrected chi connectivity index (χ4v) is 5.66. The number of hydrogen-bond donors (Lipinski definition) is 0. The lowest BCUT2D eigenvalue weighted by molar-refractivity contribution is -0.140. The highest BCUT2D eigenvalue weighted by atomic mass is 32.1. The van der Waals surface area contributed by atoms with Gasteiger partial charge in [0.2, 0.25) is 0 Å². The van der Waals surface area contributed by atoms with E-state index in [2.05, 4.69) is 11.6 Å². The van der Waals surface area contributed by atoms with E-state index in [9.17, 15) is 9.59 Å². The van der Waals surface area contributed by atoms with Gasteiger partial charge in [0.15, 0.2) is 27.8 Å². The number of hydrogen-bond acceptors (Lipinski definition) is 10. The number of nitrogens with zero attached hydrogens (tertiary/aromatic N) is 2. The lowest BCUT2D eigenvalue weighted by Gasteiger charge is -2.27. The fourth-order valence-electron chi connectivity index (χ4n) is 4.63. The van der Waals surface area contributed by atoms with E-state index >= 15 is 0 Å². The number of fused-ring (bicyclic) bond motifs is 1. The first-order chi connectivity index (χ1) is 20.4. The Balaban J connectivity index is 1.98. The van der Waals surface area contributed by atoms with E-state index in [1.165, 1.54) is 30.1 Å². The quantitative estimate of drug-likeness (QED) is 0.168. The van der Waals surface area contributed by atoms with Crippen LogP contribution in [0.4, 0.5) is 0 Å². The zero-order valence-corrected chi connectivity index (χ0v) is 25.1. The van der Waals surface area contributed by atoms with Crippen LogP contribution in [0, 0.1) is 0 Å². The zero-order chi connectivity index (χ0) is 30.2. The van der Waals surface area contributed by atoms with Crippen molar-refractivity contribution in [1.82, 2.24) is 4.57 Å². The molecule has 0 bridgehead atoms. The standard InChI is InChI=1S/C31H34N2O8S/c1-7-15-40-27-20(11-9-13-22(27)37-5)18-24-29(34)33-26(21-12-10-14-23(38-6)28(21)39-8-2)25(19(3)32-31(33)42-24)30(35)41-17-16-36-4/h7,9-14,18,26H,1,8,15-17H2,2-6H3/b24-18+/t26-/m1/s1. The van der Waals surface area contributed by atoms with Gasteiger partial charge in [-0.15, -0.1) is 0 Å². The third kappa shape index (κ3) is 6.12. The summed E-state index contributed by atoms with van der Waals surface area (Å²) < 4.78 is 35.4. The van der Waals surface area contributed by atoms with Crippen LogP contribution >= 0.6 is 11.3 Å². The number of carbonyl (C=O) groups excluding carboxylic acids is 1. The summed E-state index contributed by atoms with van der Waals surface area (Å²) in [5, 5.41) is 0. The molecule has 1 aromatic heterocycles.